The number of hydrogen-bond acceptors (Lipinski definition) is 3. The molecule has 80 valence electrons. The van der Waals surface area contributed by atoms with Crippen LogP contribution in [0.5, 0.6) is 0 Å². The van der Waals surface area contributed by atoms with Gasteiger partial charge in [-0.15, -0.1) is 11.6 Å². The molecule has 0 saturated carbocycles. The fourth-order valence-corrected chi connectivity index (χ4v) is 0.861. The number of carboxylic acids is 1. The molecule has 0 aromatic rings. The van der Waals surface area contributed by atoms with Gasteiger partial charge in [-0.05, 0) is 12.8 Å². The van der Waals surface area contributed by atoms with Crippen LogP contribution in [-0.4, -0.2) is 23.1 Å². The van der Waals surface area contributed by atoms with E-state index in [0.717, 1.165) is 0 Å². The van der Waals surface area contributed by atoms with E-state index in [4.69, 9.17) is 16.7 Å². The summed E-state index contributed by atoms with van der Waals surface area (Å²) in [6.07, 6.45) is 0.151. The maximum absolute atomic E-state index is 10.5. The van der Waals surface area contributed by atoms with E-state index in [1.54, 1.807) is 13.8 Å². The lowest BCUT2D eigenvalue weighted by molar-refractivity contribution is -0.318. The average molecular weight is 212 g/mol. The Balaban J connectivity index is 0. The molecule has 5 heteroatoms. The van der Waals surface area contributed by atoms with Gasteiger partial charge in [-0.1, -0.05) is 13.8 Å². The van der Waals surface area contributed by atoms with Gasteiger partial charge in [0.2, 0.25) is 0 Å². The molecule has 0 rings (SSSR count). The maximum atomic E-state index is 10.5. The molecule has 4 nitrogen and oxygen atoms in total. The van der Waals surface area contributed by atoms with Crippen LogP contribution in [-0.2, 0) is 4.79 Å². The van der Waals surface area contributed by atoms with Crippen molar-refractivity contribution in [3.05, 3.63) is 0 Å². The number of carbonyl (C=O) groups excluding carboxylic acids is 1. The van der Waals surface area contributed by atoms with Gasteiger partial charge in [0.25, 0.3) is 0 Å². The van der Waals surface area contributed by atoms with Crippen molar-refractivity contribution in [1.29, 1.82) is 0 Å². The van der Waals surface area contributed by atoms with Crippen LogP contribution >= 0.6 is 11.6 Å². The van der Waals surface area contributed by atoms with Crippen molar-refractivity contribution in [1.82, 2.24) is 6.15 Å². The van der Waals surface area contributed by atoms with E-state index in [0.29, 0.717) is 12.8 Å². The van der Waals surface area contributed by atoms with Crippen molar-refractivity contribution in [3.8, 4) is 0 Å². The average Bonchev–Trinajstić information content (AvgIpc) is 2.00. The van der Waals surface area contributed by atoms with E-state index in [1.807, 2.05) is 0 Å². The Kier molecular flexibility index (Phi) is 7.21. The van der Waals surface area contributed by atoms with Crippen molar-refractivity contribution < 1.29 is 15.0 Å². The van der Waals surface area contributed by atoms with E-state index in [2.05, 4.69) is 0 Å². The number of carboxylic acid groups (broad SMARTS) is 1. The molecule has 0 aliphatic heterocycles. The third kappa shape index (κ3) is 5.85. The minimum absolute atomic E-state index is 0. The second-order valence-electron chi connectivity index (χ2n) is 3.52. The molecule has 0 aliphatic carbocycles. The Morgan fingerprint density at radius 1 is 1.62 bits per heavy atom. The second kappa shape index (κ2) is 6.18. The molecule has 1 atom stereocenters. The third-order valence-electron chi connectivity index (χ3n) is 1.83. The molecular formula is C8H18ClNO3. The number of carbonyl (C=O) groups is 1. The van der Waals surface area contributed by atoms with Gasteiger partial charge in [0.1, 0.15) is 0 Å². The summed E-state index contributed by atoms with van der Waals surface area (Å²) in [5, 5.41) is 19.6. The van der Waals surface area contributed by atoms with Crippen LogP contribution in [0, 0.1) is 5.41 Å². The number of hydrogen-bond donors (Lipinski definition) is 2. The molecule has 13 heavy (non-hydrogen) atoms. The highest BCUT2D eigenvalue weighted by Crippen LogP contribution is 2.22. The van der Waals surface area contributed by atoms with Crippen molar-refractivity contribution in [3.63, 3.8) is 0 Å². The number of rotatable bonds is 5. The molecule has 0 spiro atoms. The summed E-state index contributed by atoms with van der Waals surface area (Å²) in [5.41, 5.74) is -0.882. The Morgan fingerprint density at radius 3 is 2.38 bits per heavy atom. The minimum atomic E-state index is -1.09. The highest BCUT2D eigenvalue weighted by atomic mass is 35.5. The van der Waals surface area contributed by atoms with Gasteiger partial charge in [0.15, 0.2) is 0 Å². The summed E-state index contributed by atoms with van der Waals surface area (Å²) in [7, 11) is 0. The zero-order valence-corrected chi connectivity index (χ0v) is 9.10. The molecule has 0 fully saturated rings. The van der Waals surface area contributed by atoms with Gasteiger partial charge in [0.05, 0.1) is 6.10 Å². The van der Waals surface area contributed by atoms with Crippen molar-refractivity contribution >= 4 is 17.6 Å². The number of aliphatic carboxylic acids is 1. The fourth-order valence-electron chi connectivity index (χ4n) is 0.707. The quantitative estimate of drug-likeness (QED) is 0.649. The Hall–Kier alpha value is -0.320. The largest absolute Gasteiger partial charge is 0.550 e. The van der Waals surface area contributed by atoms with Crippen molar-refractivity contribution in [2.45, 2.75) is 32.8 Å². The standard InChI is InChI=1S/C8H15ClO3.H3N/c1-8(2,7(11)12)4-3-6(10)5-9;/h6,10H,3-5H2,1-2H3,(H,11,12);1H3. The summed E-state index contributed by atoms with van der Waals surface area (Å²) >= 11 is 5.35. The third-order valence-corrected chi connectivity index (χ3v) is 2.19. The highest BCUT2D eigenvalue weighted by molar-refractivity contribution is 6.18. The van der Waals surface area contributed by atoms with E-state index >= 15 is 0 Å². The number of alkyl halides is 1. The maximum Gasteiger partial charge on any atom is 0.0675 e. The first-order chi connectivity index (χ1) is 5.40. The molecule has 1 unspecified atom stereocenters. The van der Waals surface area contributed by atoms with Crippen LogP contribution < -0.4 is 11.3 Å². The Labute approximate surface area is 83.5 Å². The number of quaternary nitrogens is 1. The van der Waals surface area contributed by atoms with Crippen LogP contribution in [0.2, 0.25) is 0 Å². The second-order valence-corrected chi connectivity index (χ2v) is 3.83. The lowest BCUT2D eigenvalue weighted by Gasteiger charge is -2.26. The highest BCUT2D eigenvalue weighted by Gasteiger charge is 2.20. The van der Waals surface area contributed by atoms with Crippen LogP contribution in [0.15, 0.2) is 0 Å². The first-order valence-corrected chi connectivity index (χ1v) is 4.39. The monoisotopic (exact) mass is 211 g/mol. The van der Waals surface area contributed by atoms with Gasteiger partial charge >= 0.3 is 0 Å². The van der Waals surface area contributed by atoms with E-state index in [-0.39, 0.29) is 12.0 Å². The molecule has 0 amide bonds. The smallest absolute Gasteiger partial charge is 0.0675 e. The molecular weight excluding hydrogens is 194 g/mol. The summed E-state index contributed by atoms with van der Waals surface area (Å²) in [6.45, 7) is 3.15. The number of halogens is 1. The molecule has 5 N–H and O–H groups in total. The Morgan fingerprint density at radius 2 is 2.08 bits per heavy atom. The van der Waals surface area contributed by atoms with Crippen LogP contribution in [0.3, 0.4) is 0 Å². The summed E-state index contributed by atoms with van der Waals surface area (Å²) < 4.78 is 0. The molecule has 0 saturated heterocycles. The fraction of sp³-hybridized carbons (Fsp3) is 0.875. The zero-order valence-electron chi connectivity index (χ0n) is 8.34. The first kappa shape index (κ1) is 15.2. The van der Waals surface area contributed by atoms with Crippen LogP contribution in [0.1, 0.15) is 26.7 Å². The van der Waals surface area contributed by atoms with E-state index in [1.165, 1.54) is 0 Å². The predicted octanol–water partition coefficient (Wildman–Crippen LogP) is 0.519. The summed E-state index contributed by atoms with van der Waals surface area (Å²) in [4.78, 5) is 10.5. The van der Waals surface area contributed by atoms with Crippen molar-refractivity contribution in [2.75, 3.05) is 5.88 Å². The number of aliphatic hydroxyl groups is 1. The van der Waals surface area contributed by atoms with Gasteiger partial charge < -0.3 is 21.2 Å². The molecule has 0 bridgehead atoms. The van der Waals surface area contributed by atoms with E-state index < -0.39 is 17.5 Å². The van der Waals surface area contributed by atoms with Crippen molar-refractivity contribution in [2.24, 2.45) is 5.41 Å². The molecule has 0 heterocycles. The predicted molar refractivity (Wildman–Crippen MR) is 50.7 cm³/mol. The van der Waals surface area contributed by atoms with Crippen LogP contribution in [0.4, 0.5) is 0 Å². The van der Waals surface area contributed by atoms with Gasteiger partial charge in [-0.25, -0.2) is 0 Å². The minimum Gasteiger partial charge on any atom is -0.550 e. The SMILES string of the molecule is CC(C)(CCC(O)CCl)C(=O)[O-].[NH4+]. The molecule has 0 aromatic heterocycles. The number of aliphatic hydroxyl groups excluding tert-OH is 1. The normalized spacial score (nSPS) is 13.2. The first-order valence-electron chi connectivity index (χ1n) is 3.85. The lowest BCUT2D eigenvalue weighted by Crippen LogP contribution is -2.38. The Bertz CT molecular complexity index is 161. The summed E-state index contributed by atoms with van der Waals surface area (Å²) in [5.74, 6) is -0.951. The van der Waals surface area contributed by atoms with Gasteiger partial charge in [-0.2, -0.15) is 0 Å². The summed E-state index contributed by atoms with van der Waals surface area (Å²) in [6, 6.07) is 0. The topological polar surface area (TPSA) is 96.9 Å². The van der Waals surface area contributed by atoms with E-state index in [9.17, 15) is 9.90 Å². The van der Waals surface area contributed by atoms with Gasteiger partial charge in [0, 0.05) is 17.3 Å². The zero-order chi connectivity index (χ0) is 9.78. The molecule has 0 aliphatic rings. The van der Waals surface area contributed by atoms with Gasteiger partial charge in [-0.3, -0.25) is 0 Å². The van der Waals surface area contributed by atoms with Crippen LogP contribution in [0.25, 0.3) is 0 Å². The molecule has 0 aromatic carbocycles. The lowest BCUT2D eigenvalue weighted by atomic mass is 9.87. The molecule has 0 radical (unpaired) electrons.